The van der Waals surface area contributed by atoms with Gasteiger partial charge < -0.3 is 10.1 Å². The largest absolute Gasteiger partial charge is 0.495 e. The first-order valence-corrected chi connectivity index (χ1v) is 6.61. The van der Waals surface area contributed by atoms with Crippen molar-refractivity contribution in [2.24, 2.45) is 0 Å². The van der Waals surface area contributed by atoms with E-state index in [0.29, 0.717) is 17.0 Å². The van der Waals surface area contributed by atoms with Crippen LogP contribution in [0.3, 0.4) is 0 Å². The van der Waals surface area contributed by atoms with E-state index < -0.39 is 0 Å². The summed E-state index contributed by atoms with van der Waals surface area (Å²) >= 11 is 3.37. The highest BCUT2D eigenvalue weighted by atomic mass is 79.9. The first-order chi connectivity index (χ1) is 9.11. The van der Waals surface area contributed by atoms with Crippen molar-refractivity contribution < 1.29 is 9.53 Å². The molecule has 0 aliphatic carbocycles. The number of benzene rings is 2. The highest BCUT2D eigenvalue weighted by Crippen LogP contribution is 2.26. The second-order valence-electron chi connectivity index (χ2n) is 4.14. The van der Waals surface area contributed by atoms with Crippen molar-refractivity contribution in [2.45, 2.75) is 6.92 Å². The van der Waals surface area contributed by atoms with Gasteiger partial charge in [0.2, 0.25) is 0 Å². The number of ether oxygens (including phenoxy) is 1. The quantitative estimate of drug-likeness (QED) is 0.928. The van der Waals surface area contributed by atoms with Gasteiger partial charge in [-0.15, -0.1) is 0 Å². The van der Waals surface area contributed by atoms with E-state index in [9.17, 15) is 4.79 Å². The maximum Gasteiger partial charge on any atom is 0.256 e. The van der Waals surface area contributed by atoms with Gasteiger partial charge in [-0.3, -0.25) is 4.79 Å². The molecule has 2 aromatic carbocycles. The lowest BCUT2D eigenvalue weighted by atomic mass is 10.2. The zero-order valence-corrected chi connectivity index (χ0v) is 12.3. The van der Waals surface area contributed by atoms with Crippen molar-refractivity contribution in [1.82, 2.24) is 0 Å². The summed E-state index contributed by atoms with van der Waals surface area (Å²) in [5, 5.41) is 2.85. The molecule has 19 heavy (non-hydrogen) atoms. The van der Waals surface area contributed by atoms with Crippen molar-refractivity contribution >= 4 is 27.5 Å². The van der Waals surface area contributed by atoms with Crippen LogP contribution in [0.2, 0.25) is 0 Å². The molecule has 3 nitrogen and oxygen atoms in total. The van der Waals surface area contributed by atoms with Gasteiger partial charge in [-0.25, -0.2) is 0 Å². The van der Waals surface area contributed by atoms with Crippen molar-refractivity contribution in [1.29, 1.82) is 0 Å². The molecule has 0 aromatic heterocycles. The van der Waals surface area contributed by atoms with Gasteiger partial charge in [0.25, 0.3) is 5.91 Å². The molecular formula is C15H14BrNO2. The van der Waals surface area contributed by atoms with Gasteiger partial charge in [0, 0.05) is 4.47 Å². The Hall–Kier alpha value is -1.81. The van der Waals surface area contributed by atoms with E-state index in [-0.39, 0.29) is 5.91 Å². The monoisotopic (exact) mass is 319 g/mol. The maximum absolute atomic E-state index is 12.2. The van der Waals surface area contributed by atoms with Gasteiger partial charge in [-0.2, -0.15) is 0 Å². The topological polar surface area (TPSA) is 38.3 Å². The summed E-state index contributed by atoms with van der Waals surface area (Å²) in [7, 11) is 1.59. The Morgan fingerprint density at radius 3 is 2.63 bits per heavy atom. The Balaban J connectivity index is 2.27. The van der Waals surface area contributed by atoms with Gasteiger partial charge in [-0.05, 0) is 52.7 Å². The molecule has 0 atom stereocenters. The summed E-state index contributed by atoms with van der Waals surface area (Å²) in [5.41, 5.74) is 2.33. The molecule has 2 rings (SSSR count). The molecule has 0 aliphatic heterocycles. The van der Waals surface area contributed by atoms with Gasteiger partial charge in [0.1, 0.15) is 5.75 Å². The number of methoxy groups -OCH3 is 1. The minimum absolute atomic E-state index is 0.172. The van der Waals surface area contributed by atoms with Gasteiger partial charge in [-0.1, -0.05) is 18.2 Å². The molecule has 0 radical (unpaired) electrons. The van der Waals surface area contributed by atoms with Crippen molar-refractivity contribution in [2.75, 3.05) is 12.4 Å². The van der Waals surface area contributed by atoms with E-state index in [1.807, 2.05) is 43.3 Å². The standard InChI is InChI=1S/C15H14BrNO2/c1-10-7-8-13(14(9-10)19-2)17-15(18)11-5-3-4-6-12(11)16/h3-9H,1-2H3,(H,17,18). The van der Waals surface area contributed by atoms with Crippen LogP contribution in [0.15, 0.2) is 46.9 Å². The van der Waals surface area contributed by atoms with E-state index >= 15 is 0 Å². The number of carbonyl (C=O) groups is 1. The van der Waals surface area contributed by atoms with Gasteiger partial charge in [0.05, 0.1) is 18.4 Å². The molecule has 0 aliphatic rings. The molecule has 1 N–H and O–H groups in total. The fraction of sp³-hybridized carbons (Fsp3) is 0.133. The Morgan fingerprint density at radius 2 is 1.95 bits per heavy atom. The lowest BCUT2D eigenvalue weighted by Gasteiger charge is -2.11. The summed E-state index contributed by atoms with van der Waals surface area (Å²) in [5.74, 6) is 0.482. The molecular weight excluding hydrogens is 306 g/mol. The zero-order valence-electron chi connectivity index (χ0n) is 10.7. The number of hydrogen-bond donors (Lipinski definition) is 1. The number of aryl methyl sites for hydroxylation is 1. The molecule has 2 aromatic rings. The minimum Gasteiger partial charge on any atom is -0.495 e. The average Bonchev–Trinajstić information content (AvgIpc) is 2.41. The third-order valence-corrected chi connectivity index (χ3v) is 3.42. The van der Waals surface area contributed by atoms with E-state index in [0.717, 1.165) is 10.0 Å². The smallest absolute Gasteiger partial charge is 0.256 e. The normalized spacial score (nSPS) is 10.1. The zero-order chi connectivity index (χ0) is 13.8. The van der Waals surface area contributed by atoms with E-state index in [2.05, 4.69) is 21.2 Å². The second-order valence-corrected chi connectivity index (χ2v) is 4.99. The van der Waals surface area contributed by atoms with Crippen LogP contribution < -0.4 is 10.1 Å². The Morgan fingerprint density at radius 1 is 1.21 bits per heavy atom. The molecule has 4 heteroatoms. The number of rotatable bonds is 3. The molecule has 0 bridgehead atoms. The van der Waals surface area contributed by atoms with Crippen LogP contribution >= 0.6 is 15.9 Å². The van der Waals surface area contributed by atoms with Crippen LogP contribution in [-0.4, -0.2) is 13.0 Å². The van der Waals surface area contributed by atoms with E-state index in [4.69, 9.17) is 4.74 Å². The van der Waals surface area contributed by atoms with Crippen molar-refractivity contribution in [3.63, 3.8) is 0 Å². The highest BCUT2D eigenvalue weighted by molar-refractivity contribution is 9.10. The van der Waals surface area contributed by atoms with Gasteiger partial charge >= 0.3 is 0 Å². The third-order valence-electron chi connectivity index (χ3n) is 2.72. The molecule has 0 fully saturated rings. The predicted octanol–water partition coefficient (Wildman–Crippen LogP) is 4.02. The first kappa shape index (κ1) is 13.6. The maximum atomic E-state index is 12.2. The van der Waals surface area contributed by atoms with Crippen LogP contribution in [0.5, 0.6) is 5.75 Å². The molecule has 0 heterocycles. The summed E-state index contributed by atoms with van der Waals surface area (Å²) in [4.78, 5) is 12.2. The third kappa shape index (κ3) is 3.15. The predicted molar refractivity (Wildman–Crippen MR) is 79.8 cm³/mol. The fourth-order valence-corrected chi connectivity index (χ4v) is 2.20. The second kappa shape index (κ2) is 5.89. The van der Waals surface area contributed by atoms with E-state index in [1.165, 1.54) is 0 Å². The minimum atomic E-state index is -0.172. The summed E-state index contributed by atoms with van der Waals surface area (Å²) < 4.78 is 6.03. The average molecular weight is 320 g/mol. The number of anilines is 1. The SMILES string of the molecule is COc1cc(C)ccc1NC(=O)c1ccccc1Br. The lowest BCUT2D eigenvalue weighted by Crippen LogP contribution is -2.13. The number of carbonyl (C=O) groups excluding carboxylic acids is 1. The number of hydrogen-bond acceptors (Lipinski definition) is 2. The highest BCUT2D eigenvalue weighted by Gasteiger charge is 2.12. The summed E-state index contributed by atoms with van der Waals surface area (Å²) in [6, 6.07) is 12.9. The Bertz CT molecular complexity index is 611. The number of halogens is 1. The summed E-state index contributed by atoms with van der Waals surface area (Å²) in [6.07, 6.45) is 0. The van der Waals surface area contributed by atoms with Gasteiger partial charge in [0.15, 0.2) is 0 Å². The van der Waals surface area contributed by atoms with Crippen LogP contribution in [0.25, 0.3) is 0 Å². The van der Waals surface area contributed by atoms with Crippen LogP contribution in [0.1, 0.15) is 15.9 Å². The number of nitrogens with one attached hydrogen (secondary N) is 1. The van der Waals surface area contributed by atoms with Crippen LogP contribution in [0.4, 0.5) is 5.69 Å². The molecule has 1 amide bonds. The fourth-order valence-electron chi connectivity index (χ4n) is 1.74. The number of amides is 1. The molecule has 0 spiro atoms. The van der Waals surface area contributed by atoms with Crippen LogP contribution in [-0.2, 0) is 0 Å². The summed E-state index contributed by atoms with van der Waals surface area (Å²) in [6.45, 7) is 1.97. The Labute approximate surface area is 120 Å². The first-order valence-electron chi connectivity index (χ1n) is 5.82. The molecule has 0 saturated carbocycles. The molecule has 0 saturated heterocycles. The molecule has 98 valence electrons. The van der Waals surface area contributed by atoms with Crippen molar-refractivity contribution in [3.05, 3.63) is 58.1 Å². The van der Waals surface area contributed by atoms with Crippen LogP contribution in [0, 0.1) is 6.92 Å². The van der Waals surface area contributed by atoms with E-state index in [1.54, 1.807) is 13.2 Å². The van der Waals surface area contributed by atoms with Crippen molar-refractivity contribution in [3.8, 4) is 5.75 Å². The Kier molecular flexibility index (Phi) is 4.22. The lowest BCUT2D eigenvalue weighted by molar-refractivity contribution is 0.102. The molecule has 0 unspecified atom stereocenters.